The van der Waals surface area contributed by atoms with Crippen molar-refractivity contribution in [3.05, 3.63) is 87.8 Å². The molecule has 0 aliphatic rings. The lowest BCUT2D eigenvalue weighted by Gasteiger charge is -2.07. The normalized spacial score (nSPS) is 10.4. The summed E-state index contributed by atoms with van der Waals surface area (Å²) in [5, 5.41) is 2.79. The molecule has 1 aromatic heterocycles. The molecule has 0 aliphatic carbocycles. The summed E-state index contributed by atoms with van der Waals surface area (Å²) in [6.07, 6.45) is 0. The van der Waals surface area contributed by atoms with Crippen LogP contribution in [0.2, 0.25) is 0 Å². The van der Waals surface area contributed by atoms with Gasteiger partial charge in [0.2, 0.25) is 0 Å². The number of carbonyl (C=O) groups is 1. The highest BCUT2D eigenvalue weighted by molar-refractivity contribution is 5.92. The first kappa shape index (κ1) is 15.7. The topological polar surface area (TPSA) is 74.8 Å². The molecule has 120 valence electrons. The lowest BCUT2D eigenvalue weighted by Crippen LogP contribution is -2.26. The Kier molecular flexibility index (Phi) is 4.52. The molecule has 0 unspecified atom stereocenters. The maximum absolute atomic E-state index is 12.3. The van der Waals surface area contributed by atoms with Crippen molar-refractivity contribution in [1.82, 2.24) is 15.3 Å². The minimum absolute atomic E-state index is 0.102. The van der Waals surface area contributed by atoms with E-state index in [0.717, 1.165) is 16.7 Å². The van der Waals surface area contributed by atoms with E-state index in [1.54, 1.807) is 0 Å². The average molecular weight is 319 g/mol. The molecular formula is C19H17N3O2. The number of nitrogens with one attached hydrogen (secondary N) is 2. The van der Waals surface area contributed by atoms with Gasteiger partial charge in [0, 0.05) is 18.2 Å². The van der Waals surface area contributed by atoms with Crippen molar-refractivity contribution >= 4 is 5.91 Å². The number of aromatic amines is 1. The van der Waals surface area contributed by atoms with E-state index in [-0.39, 0.29) is 17.2 Å². The van der Waals surface area contributed by atoms with Crippen LogP contribution in [0.4, 0.5) is 0 Å². The van der Waals surface area contributed by atoms with Crippen LogP contribution in [0.5, 0.6) is 0 Å². The molecule has 1 amide bonds. The number of nitrogens with zero attached hydrogens (tertiary/aromatic N) is 1. The molecular weight excluding hydrogens is 302 g/mol. The maximum Gasteiger partial charge on any atom is 0.270 e. The molecule has 5 nitrogen and oxygen atoms in total. The Morgan fingerprint density at radius 3 is 2.50 bits per heavy atom. The molecule has 3 aromatic rings. The van der Waals surface area contributed by atoms with Crippen LogP contribution < -0.4 is 10.9 Å². The van der Waals surface area contributed by atoms with Crippen LogP contribution in [0.15, 0.2) is 65.5 Å². The zero-order chi connectivity index (χ0) is 16.9. The number of rotatable bonds is 4. The largest absolute Gasteiger partial charge is 0.347 e. The van der Waals surface area contributed by atoms with Gasteiger partial charge in [-0.15, -0.1) is 0 Å². The van der Waals surface area contributed by atoms with Gasteiger partial charge in [-0.1, -0.05) is 60.2 Å². The average Bonchev–Trinajstić information content (AvgIpc) is 2.61. The highest BCUT2D eigenvalue weighted by Crippen LogP contribution is 2.12. The zero-order valence-corrected chi connectivity index (χ0v) is 13.2. The molecule has 2 N–H and O–H groups in total. The number of aryl methyl sites for hydroxylation is 1. The lowest BCUT2D eigenvalue weighted by atomic mass is 10.1. The van der Waals surface area contributed by atoms with Gasteiger partial charge in [0.05, 0.1) is 0 Å². The third-order valence-corrected chi connectivity index (χ3v) is 3.60. The fourth-order valence-electron chi connectivity index (χ4n) is 2.29. The molecule has 0 fully saturated rings. The van der Waals surface area contributed by atoms with Crippen LogP contribution in [-0.2, 0) is 6.54 Å². The maximum atomic E-state index is 12.3. The van der Waals surface area contributed by atoms with Gasteiger partial charge >= 0.3 is 0 Å². The van der Waals surface area contributed by atoms with Crippen LogP contribution in [-0.4, -0.2) is 15.9 Å². The molecule has 0 saturated heterocycles. The van der Waals surface area contributed by atoms with E-state index in [2.05, 4.69) is 15.3 Å². The first-order valence-corrected chi connectivity index (χ1v) is 7.62. The van der Waals surface area contributed by atoms with E-state index >= 15 is 0 Å². The van der Waals surface area contributed by atoms with Crippen LogP contribution in [0.25, 0.3) is 11.4 Å². The molecule has 0 bridgehead atoms. The van der Waals surface area contributed by atoms with Crippen molar-refractivity contribution in [2.75, 3.05) is 0 Å². The lowest BCUT2D eigenvalue weighted by molar-refractivity contribution is 0.0945. The highest BCUT2D eigenvalue weighted by Gasteiger charge is 2.11. The van der Waals surface area contributed by atoms with E-state index in [0.29, 0.717) is 12.4 Å². The van der Waals surface area contributed by atoms with Crippen LogP contribution in [0, 0.1) is 6.92 Å². The summed E-state index contributed by atoms with van der Waals surface area (Å²) < 4.78 is 0. The van der Waals surface area contributed by atoms with Gasteiger partial charge in [-0.25, -0.2) is 4.98 Å². The number of amides is 1. The summed E-state index contributed by atoms with van der Waals surface area (Å²) >= 11 is 0. The Morgan fingerprint density at radius 1 is 1.08 bits per heavy atom. The fourth-order valence-corrected chi connectivity index (χ4v) is 2.29. The Hall–Kier alpha value is -3.21. The van der Waals surface area contributed by atoms with Gasteiger partial charge in [0.25, 0.3) is 11.5 Å². The van der Waals surface area contributed by atoms with E-state index < -0.39 is 0 Å². The minimum Gasteiger partial charge on any atom is -0.347 e. The molecule has 0 aliphatic heterocycles. The molecule has 3 rings (SSSR count). The van der Waals surface area contributed by atoms with Crippen molar-refractivity contribution in [3.8, 4) is 11.4 Å². The molecule has 1 heterocycles. The molecule has 2 aromatic carbocycles. The Morgan fingerprint density at radius 2 is 1.79 bits per heavy atom. The number of hydrogen-bond donors (Lipinski definition) is 2. The predicted molar refractivity (Wildman–Crippen MR) is 92.6 cm³/mol. The van der Waals surface area contributed by atoms with Gasteiger partial charge in [-0.05, 0) is 12.5 Å². The van der Waals surface area contributed by atoms with Crippen LogP contribution >= 0.6 is 0 Å². The van der Waals surface area contributed by atoms with Crippen molar-refractivity contribution in [1.29, 1.82) is 0 Å². The Balaban J connectivity index is 1.78. The second kappa shape index (κ2) is 6.91. The second-order valence-corrected chi connectivity index (χ2v) is 5.51. The molecule has 0 atom stereocenters. The number of benzene rings is 2. The molecule has 5 heteroatoms. The summed E-state index contributed by atoms with van der Waals surface area (Å²) in [6, 6.07) is 18.3. The van der Waals surface area contributed by atoms with Crippen LogP contribution in [0.3, 0.4) is 0 Å². The molecule has 0 radical (unpaired) electrons. The standard InChI is InChI=1S/C19H17N3O2/c1-13-7-9-14(10-8-13)12-20-19(24)16-11-17(23)22-18(21-16)15-5-3-2-4-6-15/h2-11H,12H2,1H3,(H,20,24)(H,21,22,23). The first-order valence-electron chi connectivity index (χ1n) is 7.62. The third kappa shape index (κ3) is 3.76. The van der Waals surface area contributed by atoms with Crippen molar-refractivity contribution < 1.29 is 4.79 Å². The van der Waals surface area contributed by atoms with Crippen LogP contribution in [0.1, 0.15) is 21.6 Å². The number of H-pyrrole nitrogens is 1. The molecule has 24 heavy (non-hydrogen) atoms. The molecule has 0 saturated carbocycles. The third-order valence-electron chi connectivity index (χ3n) is 3.60. The monoisotopic (exact) mass is 319 g/mol. The van der Waals surface area contributed by atoms with Crippen molar-refractivity contribution in [2.45, 2.75) is 13.5 Å². The van der Waals surface area contributed by atoms with Gasteiger partial charge < -0.3 is 10.3 Å². The Bertz CT molecular complexity index is 900. The summed E-state index contributed by atoms with van der Waals surface area (Å²) in [5.74, 6) is 0.00226. The zero-order valence-electron chi connectivity index (χ0n) is 13.2. The molecule has 0 spiro atoms. The van der Waals surface area contributed by atoms with Crippen molar-refractivity contribution in [3.63, 3.8) is 0 Å². The number of aromatic nitrogens is 2. The summed E-state index contributed by atoms with van der Waals surface area (Å²) in [5.41, 5.74) is 2.65. The van der Waals surface area contributed by atoms with Gasteiger partial charge in [0.1, 0.15) is 11.5 Å². The summed E-state index contributed by atoms with van der Waals surface area (Å²) in [6.45, 7) is 2.39. The quantitative estimate of drug-likeness (QED) is 0.776. The smallest absolute Gasteiger partial charge is 0.270 e. The van der Waals surface area contributed by atoms with E-state index in [9.17, 15) is 9.59 Å². The number of hydrogen-bond acceptors (Lipinski definition) is 3. The predicted octanol–water partition coefficient (Wildman–Crippen LogP) is 2.68. The second-order valence-electron chi connectivity index (χ2n) is 5.51. The van der Waals surface area contributed by atoms with Crippen molar-refractivity contribution in [2.24, 2.45) is 0 Å². The van der Waals surface area contributed by atoms with Gasteiger partial charge in [-0.3, -0.25) is 9.59 Å². The highest BCUT2D eigenvalue weighted by atomic mass is 16.2. The minimum atomic E-state index is -0.376. The SMILES string of the molecule is Cc1ccc(CNC(=O)c2cc(=O)[nH]c(-c3ccccc3)n2)cc1. The first-order chi connectivity index (χ1) is 11.6. The Labute approximate surface area is 139 Å². The summed E-state index contributed by atoms with van der Waals surface area (Å²) in [7, 11) is 0. The van der Waals surface area contributed by atoms with E-state index in [1.165, 1.54) is 6.07 Å². The van der Waals surface area contributed by atoms with E-state index in [4.69, 9.17) is 0 Å². The van der Waals surface area contributed by atoms with Gasteiger partial charge in [0.15, 0.2) is 0 Å². The number of carbonyl (C=O) groups excluding carboxylic acids is 1. The summed E-state index contributed by atoms with van der Waals surface area (Å²) in [4.78, 5) is 31.0. The van der Waals surface area contributed by atoms with E-state index in [1.807, 2.05) is 61.5 Å². The fraction of sp³-hybridized carbons (Fsp3) is 0.105. The van der Waals surface area contributed by atoms with Gasteiger partial charge in [-0.2, -0.15) is 0 Å².